The number of hydrogen-bond acceptors (Lipinski definition) is 3. The number of ether oxygens (including phenoxy) is 2. The van der Waals surface area contributed by atoms with Crippen LogP contribution in [0.25, 0.3) is 0 Å². The van der Waals surface area contributed by atoms with Gasteiger partial charge < -0.3 is 9.47 Å². The van der Waals surface area contributed by atoms with Gasteiger partial charge in [-0.15, -0.1) is 0 Å². The van der Waals surface area contributed by atoms with Crippen LogP contribution < -0.4 is 5.32 Å². The molecule has 0 saturated carbocycles. The Morgan fingerprint density at radius 3 is 2.44 bits per heavy atom. The Labute approximate surface area is 95.6 Å². The summed E-state index contributed by atoms with van der Waals surface area (Å²) in [6, 6.07) is 7.43. The normalized spacial score (nSPS) is 10.2. The molecule has 0 unspecified atom stereocenters. The number of carbonyl (C=O) groups excluding carboxylic acids is 1. The maximum atomic E-state index is 11.3. The van der Waals surface area contributed by atoms with Crippen LogP contribution in [0.2, 0.25) is 0 Å². The van der Waals surface area contributed by atoms with Crippen LogP contribution in [0, 0.1) is 0 Å². The Balaban J connectivity index is 2.51. The molecule has 1 aromatic rings. The molecule has 0 aliphatic carbocycles. The summed E-state index contributed by atoms with van der Waals surface area (Å²) in [7, 11) is 1.65. The van der Waals surface area contributed by atoms with Crippen molar-refractivity contribution in [1.29, 1.82) is 0 Å². The zero-order chi connectivity index (χ0) is 12.0. The first-order valence-corrected chi connectivity index (χ1v) is 5.17. The van der Waals surface area contributed by atoms with Gasteiger partial charge in [-0.05, 0) is 31.5 Å². The van der Waals surface area contributed by atoms with Gasteiger partial charge in [0.25, 0.3) is 0 Å². The molecule has 0 heterocycles. The number of anilines is 1. The zero-order valence-electron chi connectivity index (χ0n) is 9.82. The number of methoxy groups -OCH3 is 1. The van der Waals surface area contributed by atoms with Crippen molar-refractivity contribution in [3.63, 3.8) is 0 Å². The predicted octanol–water partition coefficient (Wildman–Crippen LogP) is 2.79. The third-order valence-corrected chi connectivity index (χ3v) is 1.85. The lowest BCUT2D eigenvalue weighted by atomic mass is 10.2. The van der Waals surface area contributed by atoms with E-state index < -0.39 is 6.09 Å². The van der Waals surface area contributed by atoms with Gasteiger partial charge in [-0.3, -0.25) is 5.32 Å². The zero-order valence-corrected chi connectivity index (χ0v) is 9.82. The van der Waals surface area contributed by atoms with Crippen LogP contribution in [0.15, 0.2) is 24.3 Å². The van der Waals surface area contributed by atoms with Crippen molar-refractivity contribution in [1.82, 2.24) is 0 Å². The number of hydrogen-bond donors (Lipinski definition) is 1. The first-order chi connectivity index (χ1) is 7.61. The molecule has 1 rings (SSSR count). The molecule has 0 aliphatic heterocycles. The van der Waals surface area contributed by atoms with Crippen molar-refractivity contribution in [2.24, 2.45) is 0 Å². The van der Waals surface area contributed by atoms with E-state index in [9.17, 15) is 4.79 Å². The third kappa shape index (κ3) is 4.31. The number of nitrogens with one attached hydrogen (secondary N) is 1. The first kappa shape index (κ1) is 12.5. The SMILES string of the molecule is COCc1ccc(NC(=O)OC(C)C)cc1. The Morgan fingerprint density at radius 1 is 1.31 bits per heavy atom. The molecule has 1 amide bonds. The van der Waals surface area contributed by atoms with E-state index >= 15 is 0 Å². The standard InChI is InChI=1S/C12H17NO3/c1-9(2)16-12(14)13-11-6-4-10(5-7-11)8-15-3/h4-7,9H,8H2,1-3H3,(H,13,14). The predicted molar refractivity (Wildman–Crippen MR) is 62.4 cm³/mol. The van der Waals surface area contributed by atoms with Gasteiger partial charge >= 0.3 is 6.09 Å². The summed E-state index contributed by atoms with van der Waals surface area (Å²) in [5.41, 5.74) is 1.77. The molecule has 0 radical (unpaired) electrons. The van der Waals surface area contributed by atoms with E-state index in [-0.39, 0.29) is 6.10 Å². The number of rotatable bonds is 4. The van der Waals surface area contributed by atoms with Gasteiger partial charge in [0.15, 0.2) is 0 Å². The fourth-order valence-electron chi connectivity index (χ4n) is 1.21. The molecule has 88 valence electrons. The lowest BCUT2D eigenvalue weighted by Crippen LogP contribution is -2.17. The molecule has 0 spiro atoms. The van der Waals surface area contributed by atoms with Gasteiger partial charge in [-0.1, -0.05) is 12.1 Å². The highest BCUT2D eigenvalue weighted by Crippen LogP contribution is 2.10. The summed E-state index contributed by atoms with van der Waals surface area (Å²) in [4.78, 5) is 11.3. The van der Waals surface area contributed by atoms with Gasteiger partial charge in [-0.25, -0.2) is 4.79 Å². The number of benzene rings is 1. The second kappa shape index (κ2) is 6.12. The van der Waals surface area contributed by atoms with Crippen molar-refractivity contribution in [2.75, 3.05) is 12.4 Å². The van der Waals surface area contributed by atoms with E-state index in [1.807, 2.05) is 24.3 Å². The first-order valence-electron chi connectivity index (χ1n) is 5.17. The highest BCUT2D eigenvalue weighted by molar-refractivity contribution is 5.84. The monoisotopic (exact) mass is 223 g/mol. The fourth-order valence-corrected chi connectivity index (χ4v) is 1.21. The molecular weight excluding hydrogens is 206 g/mol. The van der Waals surface area contributed by atoms with Crippen molar-refractivity contribution >= 4 is 11.8 Å². The molecule has 0 bridgehead atoms. The number of carbonyl (C=O) groups is 1. The molecule has 0 saturated heterocycles. The van der Waals surface area contributed by atoms with Gasteiger partial charge in [-0.2, -0.15) is 0 Å². The van der Waals surface area contributed by atoms with Gasteiger partial charge in [0.2, 0.25) is 0 Å². The van der Waals surface area contributed by atoms with Crippen LogP contribution in [-0.2, 0) is 16.1 Å². The van der Waals surface area contributed by atoms with Crippen LogP contribution in [0.1, 0.15) is 19.4 Å². The highest BCUT2D eigenvalue weighted by atomic mass is 16.6. The van der Waals surface area contributed by atoms with Gasteiger partial charge in [0.05, 0.1) is 12.7 Å². The summed E-state index contributed by atoms with van der Waals surface area (Å²) in [5, 5.41) is 2.64. The van der Waals surface area contributed by atoms with Crippen molar-refractivity contribution in [3.05, 3.63) is 29.8 Å². The van der Waals surface area contributed by atoms with Crippen LogP contribution in [0.5, 0.6) is 0 Å². The molecule has 0 aromatic heterocycles. The molecule has 0 aliphatic rings. The second-order valence-electron chi connectivity index (χ2n) is 3.71. The summed E-state index contributed by atoms with van der Waals surface area (Å²) < 4.78 is 9.95. The van der Waals surface area contributed by atoms with E-state index in [0.29, 0.717) is 12.3 Å². The molecule has 1 aromatic carbocycles. The van der Waals surface area contributed by atoms with Crippen LogP contribution in [0.3, 0.4) is 0 Å². The van der Waals surface area contributed by atoms with Gasteiger partial charge in [0, 0.05) is 12.8 Å². The minimum atomic E-state index is -0.436. The van der Waals surface area contributed by atoms with E-state index in [0.717, 1.165) is 5.56 Å². The Kier molecular flexibility index (Phi) is 4.79. The van der Waals surface area contributed by atoms with E-state index in [4.69, 9.17) is 9.47 Å². The average molecular weight is 223 g/mol. The molecule has 4 nitrogen and oxygen atoms in total. The quantitative estimate of drug-likeness (QED) is 0.853. The summed E-state index contributed by atoms with van der Waals surface area (Å²) >= 11 is 0. The third-order valence-electron chi connectivity index (χ3n) is 1.85. The van der Waals surface area contributed by atoms with Crippen LogP contribution >= 0.6 is 0 Å². The van der Waals surface area contributed by atoms with E-state index in [2.05, 4.69) is 5.32 Å². The Bertz CT molecular complexity index is 333. The van der Waals surface area contributed by atoms with Crippen LogP contribution in [0.4, 0.5) is 10.5 Å². The van der Waals surface area contributed by atoms with Crippen molar-refractivity contribution in [2.45, 2.75) is 26.6 Å². The largest absolute Gasteiger partial charge is 0.447 e. The fraction of sp³-hybridized carbons (Fsp3) is 0.417. The van der Waals surface area contributed by atoms with E-state index in [1.54, 1.807) is 21.0 Å². The molecule has 16 heavy (non-hydrogen) atoms. The topological polar surface area (TPSA) is 47.6 Å². The minimum absolute atomic E-state index is 0.118. The van der Waals surface area contributed by atoms with Crippen LogP contribution in [-0.4, -0.2) is 19.3 Å². The van der Waals surface area contributed by atoms with Crippen molar-refractivity contribution in [3.8, 4) is 0 Å². The lowest BCUT2D eigenvalue weighted by molar-refractivity contribution is 0.130. The summed E-state index contributed by atoms with van der Waals surface area (Å²) in [6.45, 7) is 4.18. The minimum Gasteiger partial charge on any atom is -0.447 e. The summed E-state index contributed by atoms with van der Waals surface area (Å²) in [6.07, 6.45) is -0.553. The smallest absolute Gasteiger partial charge is 0.411 e. The second-order valence-corrected chi connectivity index (χ2v) is 3.71. The van der Waals surface area contributed by atoms with Gasteiger partial charge in [0.1, 0.15) is 0 Å². The highest BCUT2D eigenvalue weighted by Gasteiger charge is 2.04. The molecule has 0 atom stereocenters. The maximum absolute atomic E-state index is 11.3. The average Bonchev–Trinajstić information content (AvgIpc) is 2.20. The summed E-state index contributed by atoms with van der Waals surface area (Å²) in [5.74, 6) is 0. The van der Waals surface area contributed by atoms with E-state index in [1.165, 1.54) is 0 Å². The number of amides is 1. The molecular formula is C12H17NO3. The molecule has 1 N–H and O–H groups in total. The Morgan fingerprint density at radius 2 is 1.94 bits per heavy atom. The maximum Gasteiger partial charge on any atom is 0.411 e. The Hall–Kier alpha value is -1.55. The van der Waals surface area contributed by atoms with Crippen molar-refractivity contribution < 1.29 is 14.3 Å². The molecule has 4 heteroatoms. The lowest BCUT2D eigenvalue weighted by Gasteiger charge is -2.09. The molecule has 0 fully saturated rings.